The molecular formula is C26H40O4. The zero-order valence-electron chi connectivity index (χ0n) is 18.9. The van der Waals surface area contributed by atoms with Gasteiger partial charge in [-0.2, -0.15) is 0 Å². The van der Waals surface area contributed by atoms with Crippen LogP contribution in [-0.4, -0.2) is 33.0 Å². The Labute approximate surface area is 181 Å². The molecule has 30 heavy (non-hydrogen) atoms. The maximum absolute atomic E-state index is 11.4. The van der Waals surface area contributed by atoms with Crippen LogP contribution in [0.1, 0.15) is 85.0 Å². The molecule has 4 fully saturated rings. The second kappa shape index (κ2) is 7.52. The molecule has 0 aromatic rings. The fourth-order valence-electron chi connectivity index (χ4n) is 8.87. The van der Waals surface area contributed by atoms with Crippen molar-refractivity contribution in [1.29, 1.82) is 0 Å². The van der Waals surface area contributed by atoms with Crippen LogP contribution in [0.25, 0.3) is 0 Å². The molecule has 0 spiro atoms. The average Bonchev–Trinajstić information content (AvgIpc) is 3.05. The van der Waals surface area contributed by atoms with Crippen LogP contribution in [0.3, 0.4) is 0 Å². The lowest BCUT2D eigenvalue weighted by Gasteiger charge is -2.63. The van der Waals surface area contributed by atoms with Gasteiger partial charge >= 0.3 is 5.97 Å². The molecule has 4 aliphatic rings. The van der Waals surface area contributed by atoms with E-state index in [1.54, 1.807) is 0 Å². The van der Waals surface area contributed by atoms with Crippen molar-refractivity contribution in [2.24, 2.45) is 46.3 Å². The van der Waals surface area contributed by atoms with Crippen molar-refractivity contribution < 1.29 is 20.1 Å². The number of carboxylic acid groups (broad SMARTS) is 1. The molecule has 3 N–H and O–H groups in total. The highest BCUT2D eigenvalue weighted by Gasteiger charge is 2.63. The summed E-state index contributed by atoms with van der Waals surface area (Å²) in [4.78, 5) is 11.1. The van der Waals surface area contributed by atoms with Gasteiger partial charge in [0.05, 0.1) is 6.10 Å². The number of fused-ring (bicyclic) bond motifs is 5. The third-order valence-electron chi connectivity index (χ3n) is 10.6. The summed E-state index contributed by atoms with van der Waals surface area (Å²) in [5.41, 5.74) is -0.642. The van der Waals surface area contributed by atoms with Gasteiger partial charge in [-0.3, -0.25) is 4.79 Å². The molecule has 0 radical (unpaired) electrons. The van der Waals surface area contributed by atoms with Gasteiger partial charge in [0, 0.05) is 6.42 Å². The lowest BCUT2D eigenvalue weighted by Crippen LogP contribution is -2.60. The Balaban J connectivity index is 1.56. The van der Waals surface area contributed by atoms with E-state index in [0.29, 0.717) is 48.3 Å². The Hall–Kier alpha value is -1.05. The van der Waals surface area contributed by atoms with Gasteiger partial charge in [0.15, 0.2) is 0 Å². The Morgan fingerprint density at radius 2 is 1.83 bits per heavy atom. The molecule has 4 saturated carbocycles. The monoisotopic (exact) mass is 416 g/mol. The molecule has 10 atom stereocenters. The number of aliphatic hydroxyl groups excluding tert-OH is 1. The fourth-order valence-corrected chi connectivity index (χ4v) is 8.87. The molecule has 0 aromatic carbocycles. The number of terminal acetylenes is 1. The van der Waals surface area contributed by atoms with Gasteiger partial charge in [0.25, 0.3) is 0 Å². The first-order valence-electron chi connectivity index (χ1n) is 12.1. The van der Waals surface area contributed by atoms with E-state index < -0.39 is 11.6 Å². The van der Waals surface area contributed by atoms with Crippen molar-refractivity contribution >= 4 is 5.97 Å². The lowest BCUT2D eigenvalue weighted by molar-refractivity contribution is -0.181. The third kappa shape index (κ3) is 3.32. The summed E-state index contributed by atoms with van der Waals surface area (Å²) in [5, 5.41) is 31.2. The van der Waals surface area contributed by atoms with Crippen LogP contribution in [0.15, 0.2) is 0 Å². The van der Waals surface area contributed by atoms with Crippen LogP contribution < -0.4 is 0 Å². The molecule has 4 aliphatic carbocycles. The molecule has 0 aliphatic heterocycles. The minimum atomic E-state index is -1.00. The van der Waals surface area contributed by atoms with Crippen LogP contribution in [-0.2, 0) is 4.79 Å². The molecule has 0 aromatic heterocycles. The van der Waals surface area contributed by atoms with Gasteiger partial charge in [-0.05, 0) is 104 Å². The first kappa shape index (κ1) is 22.2. The standard InChI is InChI=1S/C26H40O4/c1-5-26(30)13-12-24(3)17(15-26)14-21(27)23-19-8-7-18(16(2)6-9-22(28)29)25(19,4)11-10-20(23)24/h1,16-21,23,27,30H,6-15H2,2-4H3,(H,28,29)/t16-,17-,18-,19+,20+,21+,23+,24+,25-,26-/m1/s1. The first-order chi connectivity index (χ1) is 14.0. The molecule has 4 rings (SSSR count). The lowest BCUT2D eigenvalue weighted by atomic mass is 9.43. The number of carboxylic acids is 1. The first-order valence-corrected chi connectivity index (χ1v) is 12.1. The number of aliphatic carboxylic acids is 1. The van der Waals surface area contributed by atoms with Crippen LogP contribution in [0.5, 0.6) is 0 Å². The van der Waals surface area contributed by atoms with Crippen LogP contribution >= 0.6 is 0 Å². The van der Waals surface area contributed by atoms with E-state index in [1.165, 1.54) is 6.42 Å². The normalized spacial score (nSPS) is 51.2. The second-order valence-corrected chi connectivity index (χ2v) is 11.8. The van der Waals surface area contributed by atoms with Crippen molar-refractivity contribution in [2.75, 3.05) is 0 Å². The summed E-state index contributed by atoms with van der Waals surface area (Å²) in [6.07, 6.45) is 14.0. The SMILES string of the molecule is C#C[C@@]1(O)CC[C@@]2(C)[C@H](C[C@H](O)[C@@H]3[C@@H]2CC[C@]2(C)[C@@H]([C@H](C)CCC(=O)O)CC[C@@H]32)C1. The number of carbonyl (C=O) groups is 1. The molecule has 0 bridgehead atoms. The second-order valence-electron chi connectivity index (χ2n) is 11.8. The molecule has 0 heterocycles. The van der Waals surface area contributed by atoms with Gasteiger partial charge in [-0.25, -0.2) is 0 Å². The molecular weight excluding hydrogens is 376 g/mol. The summed E-state index contributed by atoms with van der Waals surface area (Å²) >= 11 is 0. The Bertz CT molecular complexity index is 727. The van der Waals surface area contributed by atoms with Crippen LogP contribution in [0.4, 0.5) is 0 Å². The predicted octanol–water partition coefficient (Wildman–Crippen LogP) is 4.48. The van der Waals surface area contributed by atoms with E-state index in [9.17, 15) is 15.0 Å². The zero-order chi connectivity index (χ0) is 21.9. The Morgan fingerprint density at radius 1 is 1.13 bits per heavy atom. The van der Waals surface area contributed by atoms with Crippen LogP contribution in [0.2, 0.25) is 0 Å². The van der Waals surface area contributed by atoms with E-state index >= 15 is 0 Å². The molecule has 4 heteroatoms. The average molecular weight is 417 g/mol. The van der Waals surface area contributed by atoms with Crippen molar-refractivity contribution in [3.8, 4) is 12.3 Å². The van der Waals surface area contributed by atoms with Crippen molar-refractivity contribution in [2.45, 2.75) is 96.7 Å². The van der Waals surface area contributed by atoms with E-state index in [4.69, 9.17) is 11.5 Å². The minimum absolute atomic E-state index is 0.154. The summed E-state index contributed by atoms with van der Waals surface area (Å²) in [5.74, 6) is 4.55. The molecule has 0 unspecified atom stereocenters. The number of aliphatic hydroxyl groups is 2. The summed E-state index contributed by atoms with van der Waals surface area (Å²) < 4.78 is 0. The topological polar surface area (TPSA) is 77.8 Å². The number of hydrogen-bond donors (Lipinski definition) is 3. The molecule has 168 valence electrons. The van der Waals surface area contributed by atoms with Crippen molar-refractivity contribution in [1.82, 2.24) is 0 Å². The summed E-state index contributed by atoms with van der Waals surface area (Å²) in [6, 6.07) is 0. The highest BCUT2D eigenvalue weighted by Crippen LogP contribution is 2.68. The smallest absolute Gasteiger partial charge is 0.303 e. The molecule has 4 nitrogen and oxygen atoms in total. The van der Waals surface area contributed by atoms with Gasteiger partial charge in [-0.1, -0.05) is 26.7 Å². The summed E-state index contributed by atoms with van der Waals surface area (Å²) in [6.45, 7) is 7.08. The highest BCUT2D eigenvalue weighted by atomic mass is 16.4. The van der Waals surface area contributed by atoms with E-state index in [1.807, 2.05) is 0 Å². The fraction of sp³-hybridized carbons (Fsp3) is 0.885. The third-order valence-corrected chi connectivity index (χ3v) is 10.6. The van der Waals surface area contributed by atoms with Gasteiger partial charge < -0.3 is 15.3 Å². The largest absolute Gasteiger partial charge is 0.481 e. The molecule has 0 saturated heterocycles. The quantitative estimate of drug-likeness (QED) is 0.591. The van der Waals surface area contributed by atoms with E-state index in [2.05, 4.69) is 26.7 Å². The maximum Gasteiger partial charge on any atom is 0.303 e. The summed E-state index contributed by atoms with van der Waals surface area (Å²) in [7, 11) is 0. The van der Waals surface area contributed by atoms with Gasteiger partial charge in [0.2, 0.25) is 0 Å². The van der Waals surface area contributed by atoms with E-state index in [-0.39, 0.29) is 23.4 Å². The number of hydrogen-bond acceptors (Lipinski definition) is 3. The Morgan fingerprint density at radius 3 is 2.50 bits per heavy atom. The minimum Gasteiger partial charge on any atom is -0.481 e. The van der Waals surface area contributed by atoms with Crippen LogP contribution in [0, 0.1) is 58.7 Å². The predicted molar refractivity (Wildman–Crippen MR) is 116 cm³/mol. The Kier molecular flexibility index (Phi) is 5.55. The van der Waals surface area contributed by atoms with Gasteiger partial charge in [-0.15, -0.1) is 6.42 Å². The molecule has 0 amide bonds. The van der Waals surface area contributed by atoms with Crippen molar-refractivity contribution in [3.05, 3.63) is 0 Å². The van der Waals surface area contributed by atoms with Crippen molar-refractivity contribution in [3.63, 3.8) is 0 Å². The zero-order valence-corrected chi connectivity index (χ0v) is 18.9. The highest BCUT2D eigenvalue weighted by molar-refractivity contribution is 5.66. The number of rotatable bonds is 4. The van der Waals surface area contributed by atoms with Gasteiger partial charge in [0.1, 0.15) is 5.60 Å². The van der Waals surface area contributed by atoms with E-state index in [0.717, 1.165) is 38.5 Å². The maximum atomic E-state index is 11.4.